The predicted octanol–water partition coefficient (Wildman–Crippen LogP) is 13.0. The summed E-state index contributed by atoms with van der Waals surface area (Å²) < 4.78 is 39.5. The van der Waals surface area contributed by atoms with Gasteiger partial charge in [0.25, 0.3) is 0 Å². The Labute approximate surface area is 262 Å². The van der Waals surface area contributed by atoms with Gasteiger partial charge in [0.2, 0.25) is 0 Å². The Morgan fingerprint density at radius 2 is 1.00 bits per heavy atom. The second-order valence-electron chi connectivity index (χ2n) is 10.6. The molecule has 0 spiro atoms. The van der Waals surface area contributed by atoms with Crippen LogP contribution in [-0.2, 0) is 24.2 Å². The molecule has 216 valence electrons. The van der Waals surface area contributed by atoms with Crippen molar-refractivity contribution in [3.05, 3.63) is 83.4 Å². The maximum Gasteiger partial charge on any atom is 0.132 e. The zero-order valence-corrected chi connectivity index (χ0v) is 27.0. The summed E-state index contributed by atoms with van der Waals surface area (Å²) in [5.41, 5.74) is 5.12. The molecule has 1 aliphatic rings. The summed E-state index contributed by atoms with van der Waals surface area (Å²) in [6.07, 6.45) is 8.64. The van der Waals surface area contributed by atoms with E-state index in [1.165, 1.54) is 11.4 Å². The molecule has 0 bridgehead atoms. The van der Waals surface area contributed by atoms with Crippen molar-refractivity contribution in [2.24, 2.45) is 8.73 Å². The standard InChI is InChI=1S/C34H32F2N2S4/c1-3-5-7-9-21-11-13-23(25(35)19-21)27-15-17-29(39-27)33-31-32(38-42-37-31)34(41-33)30-18-16-28(40-30)24-14-12-22(20-26(24)36)10-8-6-4-2/h11-20H,3-10H2,1-2H3. The fraction of sp³-hybridized carbons (Fsp3) is 0.294. The first-order valence-electron chi connectivity index (χ1n) is 14.6. The number of fused-ring (bicyclic) bond motifs is 1. The highest BCUT2D eigenvalue weighted by molar-refractivity contribution is 7.58. The summed E-state index contributed by atoms with van der Waals surface area (Å²) in [5, 5.41) is 0. The van der Waals surface area contributed by atoms with Gasteiger partial charge >= 0.3 is 0 Å². The number of hydrogen-bond donors (Lipinski definition) is 0. The van der Waals surface area contributed by atoms with Crippen molar-refractivity contribution in [3.8, 4) is 40.4 Å². The normalized spacial score (nSPS) is 12.2. The van der Waals surface area contributed by atoms with Crippen LogP contribution in [0.15, 0.2) is 69.4 Å². The molecule has 0 aliphatic carbocycles. The SMILES string of the molecule is CCCCCc1ccc(-c2ccc(-c3sc(-c4ccc(-c5ccc(CCCCC)cc5F)s4)c4c3N=S=N4)s2)c(F)c1. The van der Waals surface area contributed by atoms with Crippen molar-refractivity contribution in [1.29, 1.82) is 0 Å². The van der Waals surface area contributed by atoms with Crippen LogP contribution in [0.25, 0.3) is 40.4 Å². The van der Waals surface area contributed by atoms with E-state index >= 15 is 8.78 Å². The number of halogens is 2. The minimum Gasteiger partial charge on any atom is -0.206 e. The molecule has 0 radical (unpaired) electrons. The Bertz CT molecular complexity index is 1660. The van der Waals surface area contributed by atoms with Gasteiger partial charge in [0, 0.05) is 30.6 Å². The highest BCUT2D eigenvalue weighted by Crippen LogP contribution is 2.56. The molecule has 0 unspecified atom stereocenters. The van der Waals surface area contributed by atoms with Gasteiger partial charge in [0.1, 0.15) is 23.0 Å². The molecule has 6 rings (SSSR count). The van der Waals surface area contributed by atoms with E-state index in [1.807, 2.05) is 24.3 Å². The third-order valence-corrected chi connectivity index (χ3v) is 11.8. The summed E-state index contributed by atoms with van der Waals surface area (Å²) in [7, 11) is 0. The number of benzene rings is 2. The lowest BCUT2D eigenvalue weighted by atomic mass is 10.0. The third kappa shape index (κ3) is 6.13. The number of rotatable bonds is 12. The average molecular weight is 635 g/mol. The smallest absolute Gasteiger partial charge is 0.132 e. The van der Waals surface area contributed by atoms with Gasteiger partial charge in [-0.15, -0.1) is 34.0 Å². The minimum absolute atomic E-state index is 0.169. The van der Waals surface area contributed by atoms with Gasteiger partial charge in [-0.3, -0.25) is 0 Å². The van der Waals surface area contributed by atoms with Crippen LogP contribution in [0.5, 0.6) is 0 Å². The molecule has 0 atom stereocenters. The predicted molar refractivity (Wildman–Crippen MR) is 180 cm³/mol. The number of thiophene rings is 3. The second kappa shape index (κ2) is 13.2. The Balaban J connectivity index is 1.25. The first-order chi connectivity index (χ1) is 20.6. The van der Waals surface area contributed by atoms with Crippen molar-refractivity contribution < 1.29 is 8.78 Å². The Morgan fingerprint density at radius 3 is 1.43 bits per heavy atom. The van der Waals surface area contributed by atoms with Crippen molar-refractivity contribution in [3.63, 3.8) is 0 Å². The number of unbranched alkanes of at least 4 members (excludes halogenated alkanes) is 4. The summed E-state index contributed by atoms with van der Waals surface area (Å²) in [4.78, 5) is 5.99. The molecule has 0 saturated heterocycles. The van der Waals surface area contributed by atoms with Crippen molar-refractivity contribution >= 4 is 56.7 Å². The highest BCUT2D eigenvalue weighted by atomic mass is 32.1. The molecule has 0 amide bonds. The van der Waals surface area contributed by atoms with Gasteiger partial charge < -0.3 is 0 Å². The quantitative estimate of drug-likeness (QED) is 0.120. The molecule has 2 nitrogen and oxygen atoms in total. The molecule has 0 fully saturated rings. The van der Waals surface area contributed by atoms with E-state index in [0.29, 0.717) is 11.1 Å². The molecule has 42 heavy (non-hydrogen) atoms. The van der Waals surface area contributed by atoms with E-state index in [2.05, 4.69) is 46.8 Å². The zero-order valence-electron chi connectivity index (χ0n) is 23.7. The molecule has 2 aromatic carbocycles. The summed E-state index contributed by atoms with van der Waals surface area (Å²) >= 11 is 6.02. The molecular formula is C34H32F2N2S4. The van der Waals surface area contributed by atoms with Crippen molar-refractivity contribution in [1.82, 2.24) is 0 Å². The van der Waals surface area contributed by atoms with Gasteiger partial charge in [-0.05, 0) is 73.2 Å². The van der Waals surface area contributed by atoms with Gasteiger partial charge in [-0.1, -0.05) is 63.8 Å². The molecular weight excluding hydrogens is 603 g/mol. The number of hydrogen-bond acceptors (Lipinski definition) is 5. The van der Waals surface area contributed by atoms with E-state index < -0.39 is 0 Å². The molecule has 5 aromatic rings. The number of nitrogens with zero attached hydrogens (tertiary/aromatic N) is 2. The number of aryl methyl sites for hydroxylation is 2. The van der Waals surface area contributed by atoms with Crippen LogP contribution < -0.4 is 0 Å². The lowest BCUT2D eigenvalue weighted by Crippen LogP contribution is -1.89. The van der Waals surface area contributed by atoms with Crippen LogP contribution in [0.3, 0.4) is 0 Å². The largest absolute Gasteiger partial charge is 0.206 e. The van der Waals surface area contributed by atoms with Gasteiger partial charge in [-0.25, -0.2) is 8.78 Å². The van der Waals surface area contributed by atoms with Crippen molar-refractivity contribution in [2.75, 3.05) is 0 Å². The third-order valence-electron chi connectivity index (χ3n) is 7.52. The topological polar surface area (TPSA) is 24.7 Å². The Morgan fingerprint density at radius 1 is 0.548 bits per heavy atom. The van der Waals surface area contributed by atoms with Crippen LogP contribution in [0.1, 0.15) is 63.5 Å². The summed E-state index contributed by atoms with van der Waals surface area (Å²) in [5.74, 6) is -0.339. The summed E-state index contributed by atoms with van der Waals surface area (Å²) in [6.45, 7) is 4.36. The first kappa shape index (κ1) is 29.3. The molecule has 0 N–H and O–H groups in total. The van der Waals surface area contributed by atoms with Gasteiger partial charge in [0.15, 0.2) is 0 Å². The van der Waals surface area contributed by atoms with E-state index in [1.54, 1.807) is 46.1 Å². The van der Waals surface area contributed by atoms with Crippen LogP contribution in [0, 0.1) is 11.6 Å². The fourth-order valence-electron chi connectivity index (χ4n) is 5.21. The summed E-state index contributed by atoms with van der Waals surface area (Å²) in [6, 6.07) is 19.4. The fourth-order valence-corrected chi connectivity index (χ4v) is 9.36. The van der Waals surface area contributed by atoms with Gasteiger partial charge in [0.05, 0.1) is 21.1 Å². The first-order valence-corrected chi connectivity index (χ1v) is 17.8. The van der Waals surface area contributed by atoms with E-state index in [-0.39, 0.29) is 11.6 Å². The van der Waals surface area contributed by atoms with E-state index in [9.17, 15) is 0 Å². The molecule has 3 aromatic heterocycles. The van der Waals surface area contributed by atoms with Crippen molar-refractivity contribution in [2.45, 2.75) is 65.2 Å². The maximum absolute atomic E-state index is 15.1. The second-order valence-corrected chi connectivity index (χ2v) is 14.3. The Kier molecular flexibility index (Phi) is 9.24. The Hall–Kier alpha value is -2.78. The molecule has 1 aliphatic heterocycles. The monoisotopic (exact) mass is 634 g/mol. The van der Waals surface area contributed by atoms with Crippen LogP contribution in [0.4, 0.5) is 20.2 Å². The lowest BCUT2D eigenvalue weighted by Gasteiger charge is -2.05. The lowest BCUT2D eigenvalue weighted by molar-refractivity contribution is 0.626. The molecule has 0 saturated carbocycles. The van der Waals surface area contributed by atoms with E-state index in [4.69, 9.17) is 0 Å². The zero-order chi connectivity index (χ0) is 29.1. The van der Waals surface area contributed by atoms with Crippen LogP contribution in [0.2, 0.25) is 0 Å². The van der Waals surface area contributed by atoms with Crippen LogP contribution in [-0.4, -0.2) is 0 Å². The van der Waals surface area contributed by atoms with Gasteiger partial charge in [-0.2, -0.15) is 8.73 Å². The molecule has 8 heteroatoms. The maximum atomic E-state index is 15.1. The average Bonchev–Trinajstić information content (AvgIpc) is 3.79. The molecule has 4 heterocycles. The van der Waals surface area contributed by atoms with E-state index in [0.717, 1.165) is 103 Å². The minimum atomic E-state index is -0.169. The van der Waals surface area contributed by atoms with Crippen LogP contribution >= 0.6 is 34.0 Å². The highest BCUT2D eigenvalue weighted by Gasteiger charge is 2.25.